The number of aryl methyl sites for hydroxylation is 1. The van der Waals surface area contributed by atoms with Crippen LogP contribution >= 0.6 is 11.3 Å². The number of thiophene rings is 1. The molecule has 172 valence electrons. The maximum absolute atomic E-state index is 5.52. The number of nitrogens with zero attached hydrogens (tertiary/aromatic N) is 3. The SMILES string of the molecule is C[C@@H]1CCc2c(sc3nc(CN4CCOCC4)nc(NCCc4c[nH]c5ccccc45)c23)C1. The smallest absolute Gasteiger partial charge is 0.146 e. The molecule has 1 aliphatic carbocycles. The normalized spacial score (nSPS) is 19.2. The lowest BCUT2D eigenvalue weighted by Gasteiger charge is -2.26. The van der Waals surface area contributed by atoms with Crippen LogP contribution in [0.4, 0.5) is 5.82 Å². The number of nitrogens with one attached hydrogen (secondary N) is 2. The van der Waals surface area contributed by atoms with Crippen LogP contribution in [0.2, 0.25) is 0 Å². The van der Waals surface area contributed by atoms with Gasteiger partial charge in [-0.2, -0.15) is 0 Å². The summed E-state index contributed by atoms with van der Waals surface area (Å²) < 4.78 is 5.52. The summed E-state index contributed by atoms with van der Waals surface area (Å²) in [5, 5.41) is 6.29. The molecule has 0 spiro atoms. The summed E-state index contributed by atoms with van der Waals surface area (Å²) >= 11 is 1.89. The Kier molecular flexibility index (Phi) is 5.78. The Morgan fingerprint density at radius 2 is 2.09 bits per heavy atom. The summed E-state index contributed by atoms with van der Waals surface area (Å²) in [5.74, 6) is 2.70. The van der Waals surface area contributed by atoms with Crippen molar-refractivity contribution in [2.45, 2.75) is 39.2 Å². The first kappa shape index (κ1) is 21.1. The van der Waals surface area contributed by atoms with E-state index in [0.29, 0.717) is 0 Å². The van der Waals surface area contributed by atoms with E-state index in [1.165, 1.54) is 45.1 Å². The van der Waals surface area contributed by atoms with Gasteiger partial charge in [0.1, 0.15) is 16.5 Å². The van der Waals surface area contributed by atoms with Crippen LogP contribution < -0.4 is 5.32 Å². The maximum Gasteiger partial charge on any atom is 0.146 e. The van der Waals surface area contributed by atoms with Crippen LogP contribution in [0.15, 0.2) is 30.5 Å². The number of rotatable bonds is 6. The number of aromatic nitrogens is 3. The largest absolute Gasteiger partial charge is 0.379 e. The Bertz CT molecular complexity index is 1270. The second kappa shape index (κ2) is 9.05. The van der Waals surface area contributed by atoms with Crippen LogP contribution in [0.3, 0.4) is 0 Å². The van der Waals surface area contributed by atoms with Gasteiger partial charge in [0.15, 0.2) is 0 Å². The van der Waals surface area contributed by atoms with Crippen LogP contribution in [0.1, 0.15) is 35.2 Å². The van der Waals surface area contributed by atoms with Crippen molar-refractivity contribution in [3.8, 4) is 0 Å². The standard InChI is InChI=1S/C26H31N5OS/c1-17-6-7-20-22(14-17)33-26-24(20)25(29-23(30-26)16-31-10-12-32-13-11-31)27-9-8-18-15-28-21-5-3-2-4-19(18)21/h2-5,15,17,28H,6-14,16H2,1H3,(H,27,29,30)/t17-/m1/s1. The van der Waals surface area contributed by atoms with E-state index in [1.807, 2.05) is 11.3 Å². The number of fused-ring (bicyclic) bond motifs is 4. The summed E-state index contributed by atoms with van der Waals surface area (Å²) in [6.07, 6.45) is 6.66. The van der Waals surface area contributed by atoms with Gasteiger partial charge in [-0.3, -0.25) is 4.90 Å². The molecule has 2 aliphatic rings. The predicted octanol–water partition coefficient (Wildman–Crippen LogP) is 4.78. The summed E-state index contributed by atoms with van der Waals surface area (Å²) in [4.78, 5) is 18.6. The minimum atomic E-state index is 0.754. The lowest BCUT2D eigenvalue weighted by atomic mass is 9.89. The van der Waals surface area contributed by atoms with Crippen LogP contribution in [0.5, 0.6) is 0 Å². The molecule has 2 N–H and O–H groups in total. The maximum atomic E-state index is 5.52. The first-order valence-electron chi connectivity index (χ1n) is 12.1. The van der Waals surface area contributed by atoms with E-state index in [0.717, 1.165) is 74.6 Å². The van der Waals surface area contributed by atoms with Gasteiger partial charge in [-0.15, -0.1) is 11.3 Å². The Hall–Kier alpha value is -2.48. The number of morpholine rings is 1. The van der Waals surface area contributed by atoms with E-state index in [-0.39, 0.29) is 0 Å². The molecule has 0 radical (unpaired) electrons. The van der Waals surface area contributed by atoms with Gasteiger partial charge in [-0.05, 0) is 48.8 Å². The zero-order valence-corrected chi connectivity index (χ0v) is 20.0. The minimum absolute atomic E-state index is 0.754. The number of aromatic amines is 1. The van der Waals surface area contributed by atoms with E-state index in [2.05, 4.69) is 52.6 Å². The summed E-state index contributed by atoms with van der Waals surface area (Å²) in [6.45, 7) is 7.49. The highest BCUT2D eigenvalue weighted by Gasteiger charge is 2.24. The van der Waals surface area contributed by atoms with Crippen LogP contribution in [0.25, 0.3) is 21.1 Å². The molecule has 3 aromatic heterocycles. The lowest BCUT2D eigenvalue weighted by molar-refractivity contribution is 0.0331. The zero-order valence-electron chi connectivity index (χ0n) is 19.2. The molecule has 0 amide bonds. The molecule has 0 unspecified atom stereocenters. The van der Waals surface area contributed by atoms with Gasteiger partial charge >= 0.3 is 0 Å². The Morgan fingerprint density at radius 3 is 3.00 bits per heavy atom. The lowest BCUT2D eigenvalue weighted by Crippen LogP contribution is -2.36. The Balaban J connectivity index is 1.29. The molecule has 1 aromatic carbocycles. The third-order valence-corrected chi connectivity index (χ3v) is 8.18. The highest BCUT2D eigenvalue weighted by atomic mass is 32.1. The van der Waals surface area contributed by atoms with E-state index >= 15 is 0 Å². The average Bonchev–Trinajstić information content (AvgIpc) is 3.40. The monoisotopic (exact) mass is 461 g/mol. The van der Waals surface area contributed by atoms with Gasteiger partial charge in [-0.25, -0.2) is 9.97 Å². The number of ether oxygens (including phenoxy) is 1. The fourth-order valence-electron chi connectivity index (χ4n) is 5.20. The molecular formula is C26H31N5OS. The highest BCUT2D eigenvalue weighted by molar-refractivity contribution is 7.19. The van der Waals surface area contributed by atoms with Crippen molar-refractivity contribution in [3.05, 3.63) is 52.3 Å². The topological polar surface area (TPSA) is 66.1 Å². The van der Waals surface area contributed by atoms with Gasteiger partial charge in [-0.1, -0.05) is 25.1 Å². The van der Waals surface area contributed by atoms with Crippen molar-refractivity contribution in [2.75, 3.05) is 38.2 Å². The number of para-hydroxylation sites is 1. The third-order valence-electron chi connectivity index (χ3n) is 7.03. The molecule has 6 rings (SSSR count). The van der Waals surface area contributed by atoms with Gasteiger partial charge in [0.2, 0.25) is 0 Å². The second-order valence-corrected chi connectivity index (χ2v) is 10.5. The van der Waals surface area contributed by atoms with Crippen molar-refractivity contribution < 1.29 is 4.74 Å². The van der Waals surface area contributed by atoms with Crippen LogP contribution in [-0.2, 0) is 30.5 Å². The van der Waals surface area contributed by atoms with E-state index in [4.69, 9.17) is 14.7 Å². The number of H-pyrrole nitrogens is 1. The molecule has 1 fully saturated rings. The molecule has 4 heterocycles. The van der Waals surface area contributed by atoms with Crippen molar-refractivity contribution in [1.29, 1.82) is 0 Å². The number of benzene rings is 1. The molecule has 0 bridgehead atoms. The highest BCUT2D eigenvalue weighted by Crippen LogP contribution is 2.40. The van der Waals surface area contributed by atoms with Crippen molar-refractivity contribution >= 4 is 38.3 Å². The quantitative estimate of drug-likeness (QED) is 0.432. The van der Waals surface area contributed by atoms with Crippen LogP contribution in [-0.4, -0.2) is 52.7 Å². The molecule has 1 saturated heterocycles. The Morgan fingerprint density at radius 1 is 1.21 bits per heavy atom. The summed E-state index contributed by atoms with van der Waals surface area (Å²) in [7, 11) is 0. The van der Waals surface area contributed by atoms with Crippen molar-refractivity contribution in [3.63, 3.8) is 0 Å². The van der Waals surface area contributed by atoms with Crippen LogP contribution in [0, 0.1) is 5.92 Å². The number of hydrogen-bond donors (Lipinski definition) is 2. The minimum Gasteiger partial charge on any atom is -0.379 e. The molecule has 6 nitrogen and oxygen atoms in total. The molecule has 7 heteroatoms. The molecule has 1 atom stereocenters. The predicted molar refractivity (Wildman–Crippen MR) is 135 cm³/mol. The summed E-state index contributed by atoms with van der Waals surface area (Å²) in [5.41, 5.74) is 4.03. The second-order valence-electron chi connectivity index (χ2n) is 9.45. The fraction of sp³-hybridized carbons (Fsp3) is 0.462. The van der Waals surface area contributed by atoms with Gasteiger partial charge in [0, 0.05) is 41.6 Å². The molecule has 0 saturated carbocycles. The first-order chi connectivity index (χ1) is 16.2. The van der Waals surface area contributed by atoms with Gasteiger partial charge in [0.05, 0.1) is 25.1 Å². The third kappa shape index (κ3) is 4.25. The zero-order chi connectivity index (χ0) is 22.2. The van der Waals surface area contributed by atoms with Gasteiger partial charge in [0.25, 0.3) is 0 Å². The summed E-state index contributed by atoms with van der Waals surface area (Å²) in [6, 6.07) is 8.52. The molecule has 1 aliphatic heterocycles. The van der Waals surface area contributed by atoms with Crippen molar-refractivity contribution in [2.24, 2.45) is 5.92 Å². The van der Waals surface area contributed by atoms with E-state index in [1.54, 1.807) is 0 Å². The molecular weight excluding hydrogens is 430 g/mol. The average molecular weight is 462 g/mol. The first-order valence-corrected chi connectivity index (χ1v) is 13.0. The molecule has 4 aromatic rings. The Labute approximate surface area is 198 Å². The fourth-order valence-corrected chi connectivity index (χ4v) is 6.60. The van der Waals surface area contributed by atoms with E-state index < -0.39 is 0 Å². The van der Waals surface area contributed by atoms with Crippen molar-refractivity contribution in [1.82, 2.24) is 19.9 Å². The van der Waals surface area contributed by atoms with E-state index in [9.17, 15) is 0 Å². The molecule has 33 heavy (non-hydrogen) atoms. The van der Waals surface area contributed by atoms with Gasteiger partial charge < -0.3 is 15.0 Å². The number of hydrogen-bond acceptors (Lipinski definition) is 6. The number of anilines is 1.